The minimum atomic E-state index is -0.122. The van der Waals surface area contributed by atoms with Crippen LogP contribution in [0.5, 0.6) is 5.75 Å². The summed E-state index contributed by atoms with van der Waals surface area (Å²) in [7, 11) is 1.61. The van der Waals surface area contributed by atoms with Crippen LogP contribution in [0.15, 0.2) is 22.7 Å². The molecule has 0 heterocycles. The van der Waals surface area contributed by atoms with Crippen molar-refractivity contribution in [2.24, 2.45) is 0 Å². The van der Waals surface area contributed by atoms with Crippen LogP contribution in [0.1, 0.15) is 30.6 Å². The van der Waals surface area contributed by atoms with Gasteiger partial charge in [-0.2, -0.15) is 0 Å². The molecule has 0 aliphatic heterocycles. The fourth-order valence-corrected chi connectivity index (χ4v) is 1.81. The summed E-state index contributed by atoms with van der Waals surface area (Å²) in [5.41, 5.74) is 0.533. The first-order valence-electron chi connectivity index (χ1n) is 6.30. The average molecular weight is 330 g/mol. The van der Waals surface area contributed by atoms with Crippen LogP contribution < -0.4 is 10.1 Å². The number of rotatable bonds is 7. The molecule has 1 rings (SSSR count). The Bertz CT molecular complexity index is 423. The van der Waals surface area contributed by atoms with E-state index < -0.39 is 0 Å². The summed E-state index contributed by atoms with van der Waals surface area (Å²) in [5, 5.41) is 2.93. The molecule has 1 aromatic carbocycles. The van der Waals surface area contributed by atoms with Crippen LogP contribution in [-0.2, 0) is 4.74 Å². The van der Waals surface area contributed by atoms with Gasteiger partial charge in [0.05, 0.1) is 12.2 Å². The van der Waals surface area contributed by atoms with Crippen molar-refractivity contribution in [2.45, 2.75) is 26.3 Å². The van der Waals surface area contributed by atoms with E-state index in [1.165, 1.54) is 0 Å². The molecule has 1 N–H and O–H groups in total. The molecule has 1 atom stereocenters. The lowest BCUT2D eigenvalue weighted by Crippen LogP contribution is -2.32. The van der Waals surface area contributed by atoms with Crippen molar-refractivity contribution in [3.05, 3.63) is 28.2 Å². The Morgan fingerprint density at radius 1 is 1.42 bits per heavy atom. The molecule has 0 spiro atoms. The van der Waals surface area contributed by atoms with Crippen LogP contribution in [0.4, 0.5) is 0 Å². The topological polar surface area (TPSA) is 47.6 Å². The highest BCUT2D eigenvalue weighted by Gasteiger charge is 2.14. The molecule has 5 heteroatoms. The Labute approximate surface area is 122 Å². The monoisotopic (exact) mass is 329 g/mol. The van der Waals surface area contributed by atoms with Crippen LogP contribution >= 0.6 is 15.9 Å². The van der Waals surface area contributed by atoms with E-state index in [0.717, 1.165) is 10.9 Å². The second kappa shape index (κ2) is 8.17. The molecule has 1 unspecified atom stereocenters. The van der Waals surface area contributed by atoms with Gasteiger partial charge in [-0.15, -0.1) is 0 Å². The minimum absolute atomic E-state index is 0.122. The summed E-state index contributed by atoms with van der Waals surface area (Å²) in [6.45, 7) is 4.91. The van der Waals surface area contributed by atoms with Crippen molar-refractivity contribution < 1.29 is 14.3 Å². The molecule has 0 aromatic heterocycles. The van der Waals surface area contributed by atoms with Crippen molar-refractivity contribution in [1.29, 1.82) is 0 Å². The van der Waals surface area contributed by atoms with E-state index in [0.29, 0.717) is 24.5 Å². The smallest absolute Gasteiger partial charge is 0.255 e. The number of hydrogen-bond donors (Lipinski definition) is 1. The Morgan fingerprint density at radius 2 is 2.16 bits per heavy atom. The van der Waals surface area contributed by atoms with Crippen LogP contribution in [0.25, 0.3) is 0 Å². The highest BCUT2D eigenvalue weighted by atomic mass is 79.9. The molecule has 1 aromatic rings. The molecule has 0 bridgehead atoms. The molecule has 0 saturated heterocycles. The molecule has 4 nitrogen and oxygen atoms in total. The largest absolute Gasteiger partial charge is 0.490 e. The van der Waals surface area contributed by atoms with E-state index in [1.807, 2.05) is 19.9 Å². The third-order valence-electron chi connectivity index (χ3n) is 2.72. The maximum atomic E-state index is 12.2. The van der Waals surface area contributed by atoms with Crippen molar-refractivity contribution in [3.63, 3.8) is 0 Å². The van der Waals surface area contributed by atoms with Crippen LogP contribution in [0.3, 0.4) is 0 Å². The first-order valence-corrected chi connectivity index (χ1v) is 7.10. The summed E-state index contributed by atoms with van der Waals surface area (Å²) in [6, 6.07) is 5.53. The first kappa shape index (κ1) is 16.0. The number of amides is 1. The van der Waals surface area contributed by atoms with Gasteiger partial charge in [-0.25, -0.2) is 0 Å². The van der Waals surface area contributed by atoms with Gasteiger partial charge in [0.15, 0.2) is 0 Å². The lowest BCUT2D eigenvalue weighted by molar-refractivity contribution is 0.0931. The highest BCUT2D eigenvalue weighted by molar-refractivity contribution is 9.10. The summed E-state index contributed by atoms with van der Waals surface area (Å²) in [6.07, 6.45) is 0.889. The highest BCUT2D eigenvalue weighted by Crippen LogP contribution is 2.23. The van der Waals surface area contributed by atoms with Gasteiger partial charge in [0.1, 0.15) is 12.4 Å². The Morgan fingerprint density at radius 3 is 2.79 bits per heavy atom. The van der Waals surface area contributed by atoms with Gasteiger partial charge in [0.25, 0.3) is 5.91 Å². The van der Waals surface area contributed by atoms with Crippen molar-refractivity contribution in [3.8, 4) is 5.75 Å². The minimum Gasteiger partial charge on any atom is -0.490 e. The predicted octanol–water partition coefficient (Wildman–Crippen LogP) is 3.00. The molecule has 106 valence electrons. The number of carbonyl (C=O) groups is 1. The molecule has 0 radical (unpaired) electrons. The number of ether oxygens (including phenoxy) is 2. The second-order valence-electron chi connectivity index (χ2n) is 4.26. The zero-order chi connectivity index (χ0) is 14.3. The molecule has 1 amide bonds. The number of benzene rings is 1. The van der Waals surface area contributed by atoms with Crippen molar-refractivity contribution >= 4 is 21.8 Å². The molecule has 0 saturated carbocycles. The lowest BCUT2D eigenvalue weighted by atomic mass is 10.1. The van der Waals surface area contributed by atoms with Crippen LogP contribution in [-0.4, -0.2) is 32.3 Å². The van der Waals surface area contributed by atoms with Gasteiger partial charge < -0.3 is 14.8 Å². The summed E-state index contributed by atoms with van der Waals surface area (Å²) in [4.78, 5) is 12.2. The Hall–Kier alpha value is -1.07. The zero-order valence-corrected chi connectivity index (χ0v) is 13.1. The fourth-order valence-electron chi connectivity index (χ4n) is 1.44. The third kappa shape index (κ3) is 5.20. The first-order chi connectivity index (χ1) is 9.08. The van der Waals surface area contributed by atoms with Gasteiger partial charge in [-0.3, -0.25) is 4.79 Å². The van der Waals surface area contributed by atoms with Gasteiger partial charge in [0, 0.05) is 17.6 Å². The van der Waals surface area contributed by atoms with Crippen LogP contribution in [0.2, 0.25) is 0 Å². The molecule has 0 aliphatic carbocycles. The second-order valence-corrected chi connectivity index (χ2v) is 5.18. The number of hydrogen-bond acceptors (Lipinski definition) is 3. The Kier molecular flexibility index (Phi) is 6.87. The quantitative estimate of drug-likeness (QED) is 0.782. The maximum absolute atomic E-state index is 12.2. The van der Waals surface area contributed by atoms with Gasteiger partial charge in [-0.05, 0) is 31.5 Å². The van der Waals surface area contributed by atoms with E-state index in [4.69, 9.17) is 9.47 Å². The normalized spacial score (nSPS) is 12.0. The lowest BCUT2D eigenvalue weighted by Gasteiger charge is -2.15. The van der Waals surface area contributed by atoms with Gasteiger partial charge in [0.2, 0.25) is 0 Å². The SMILES string of the molecule is CCC(C)NC(=O)c1cc(Br)ccc1OCCOC. The molecule has 0 fully saturated rings. The van der Waals surface area contributed by atoms with E-state index in [-0.39, 0.29) is 11.9 Å². The fraction of sp³-hybridized carbons (Fsp3) is 0.500. The van der Waals surface area contributed by atoms with E-state index in [1.54, 1.807) is 19.2 Å². The van der Waals surface area contributed by atoms with Gasteiger partial charge >= 0.3 is 0 Å². The maximum Gasteiger partial charge on any atom is 0.255 e. The summed E-state index contributed by atoms with van der Waals surface area (Å²) in [5.74, 6) is 0.448. The standard InChI is InChI=1S/C14H20BrNO3/c1-4-10(2)16-14(17)12-9-11(15)5-6-13(12)19-8-7-18-3/h5-6,9-10H,4,7-8H2,1-3H3,(H,16,17). The van der Waals surface area contributed by atoms with Crippen molar-refractivity contribution in [1.82, 2.24) is 5.32 Å². The third-order valence-corrected chi connectivity index (χ3v) is 3.21. The molecular formula is C14H20BrNO3. The number of carbonyl (C=O) groups excluding carboxylic acids is 1. The number of nitrogens with one attached hydrogen (secondary N) is 1. The summed E-state index contributed by atoms with van der Waals surface area (Å²) < 4.78 is 11.3. The Balaban J connectivity index is 2.83. The van der Waals surface area contributed by atoms with Crippen molar-refractivity contribution in [2.75, 3.05) is 20.3 Å². The molecule has 0 aliphatic rings. The van der Waals surface area contributed by atoms with E-state index >= 15 is 0 Å². The average Bonchev–Trinajstić information content (AvgIpc) is 2.40. The number of methoxy groups -OCH3 is 1. The van der Waals surface area contributed by atoms with Crippen LogP contribution in [0, 0.1) is 0 Å². The van der Waals surface area contributed by atoms with Gasteiger partial charge in [-0.1, -0.05) is 22.9 Å². The number of halogens is 1. The molecular weight excluding hydrogens is 310 g/mol. The predicted molar refractivity (Wildman–Crippen MR) is 78.7 cm³/mol. The van der Waals surface area contributed by atoms with E-state index in [2.05, 4.69) is 21.2 Å². The summed E-state index contributed by atoms with van der Waals surface area (Å²) >= 11 is 3.37. The zero-order valence-electron chi connectivity index (χ0n) is 11.5. The molecule has 19 heavy (non-hydrogen) atoms. The van der Waals surface area contributed by atoms with E-state index in [9.17, 15) is 4.79 Å².